The number of unbranched alkanes of at least 4 members (excludes halogenated alkanes) is 1. The summed E-state index contributed by atoms with van der Waals surface area (Å²) in [6.45, 7) is 3.40. The van der Waals surface area contributed by atoms with Crippen LogP contribution in [0.4, 0.5) is 0 Å². The van der Waals surface area contributed by atoms with Crippen molar-refractivity contribution in [2.75, 3.05) is 6.61 Å². The van der Waals surface area contributed by atoms with Crippen LogP contribution >= 0.6 is 0 Å². The quantitative estimate of drug-likeness (QED) is 0.451. The Balaban J connectivity index is 5.07. The molecule has 120 valence electrons. The topological polar surface area (TPSA) is 127 Å². The van der Waals surface area contributed by atoms with Crippen LogP contribution in [-0.2, 0) is 28.7 Å². The van der Waals surface area contributed by atoms with Crippen molar-refractivity contribution in [3.05, 3.63) is 0 Å². The predicted octanol–water partition coefficient (Wildman–Crippen LogP) is 0.971. The van der Waals surface area contributed by atoms with Gasteiger partial charge in [-0.05, 0) is 6.42 Å². The van der Waals surface area contributed by atoms with E-state index in [1.165, 1.54) is 6.92 Å². The molecule has 0 aliphatic carbocycles. The molecule has 0 spiro atoms. The lowest BCUT2D eigenvalue weighted by atomic mass is 9.95. The third kappa shape index (κ3) is 6.73. The van der Waals surface area contributed by atoms with Crippen molar-refractivity contribution < 1.29 is 38.9 Å². The van der Waals surface area contributed by atoms with Crippen LogP contribution < -0.4 is 0 Å². The second-order valence-corrected chi connectivity index (χ2v) is 4.45. The van der Waals surface area contributed by atoms with Gasteiger partial charge < -0.3 is 19.7 Å². The van der Waals surface area contributed by atoms with Crippen molar-refractivity contribution in [1.29, 1.82) is 0 Å². The summed E-state index contributed by atoms with van der Waals surface area (Å²) in [5.74, 6) is -5.02. The number of ether oxygens (including phenoxy) is 2. The van der Waals surface area contributed by atoms with Crippen LogP contribution in [0.5, 0.6) is 0 Å². The van der Waals surface area contributed by atoms with Gasteiger partial charge in [0.2, 0.25) is 5.60 Å². The molecule has 8 heteroatoms. The molecule has 0 amide bonds. The molecule has 1 atom stereocenters. The number of esters is 2. The number of aliphatic carboxylic acids is 2. The summed E-state index contributed by atoms with van der Waals surface area (Å²) in [5.41, 5.74) is -2.44. The lowest BCUT2D eigenvalue weighted by molar-refractivity contribution is -0.186. The smallest absolute Gasteiger partial charge is 0.349 e. The SMILES string of the molecule is CCCCOC(=O)CC(CC(=O)O)(OC(=O)CC)C(=O)O. The average Bonchev–Trinajstić information content (AvgIpc) is 2.37. The van der Waals surface area contributed by atoms with Gasteiger partial charge >= 0.3 is 23.9 Å². The Morgan fingerprint density at radius 3 is 2.05 bits per heavy atom. The fraction of sp³-hybridized carbons (Fsp3) is 0.692. The van der Waals surface area contributed by atoms with Crippen molar-refractivity contribution in [2.45, 2.75) is 51.6 Å². The molecule has 0 aromatic heterocycles. The van der Waals surface area contributed by atoms with E-state index in [-0.39, 0.29) is 13.0 Å². The molecule has 21 heavy (non-hydrogen) atoms. The summed E-state index contributed by atoms with van der Waals surface area (Å²) in [4.78, 5) is 45.1. The van der Waals surface area contributed by atoms with Gasteiger partial charge in [-0.3, -0.25) is 14.4 Å². The Labute approximate surface area is 122 Å². The van der Waals surface area contributed by atoms with E-state index in [1.54, 1.807) is 0 Å². The molecular formula is C13H20O8. The number of carboxylic acid groups (broad SMARTS) is 2. The number of rotatable bonds is 10. The molecule has 0 aliphatic heterocycles. The van der Waals surface area contributed by atoms with Gasteiger partial charge in [0.05, 0.1) is 19.4 Å². The van der Waals surface area contributed by atoms with Crippen LogP contribution in [0.2, 0.25) is 0 Å². The fourth-order valence-electron chi connectivity index (χ4n) is 1.48. The molecule has 0 fully saturated rings. The Bertz CT molecular complexity index is 403. The Morgan fingerprint density at radius 2 is 1.62 bits per heavy atom. The van der Waals surface area contributed by atoms with Crippen LogP contribution in [0.3, 0.4) is 0 Å². The minimum Gasteiger partial charge on any atom is -0.481 e. The van der Waals surface area contributed by atoms with Gasteiger partial charge in [-0.1, -0.05) is 20.3 Å². The molecular weight excluding hydrogens is 284 g/mol. The van der Waals surface area contributed by atoms with Crippen molar-refractivity contribution in [3.8, 4) is 0 Å². The lowest BCUT2D eigenvalue weighted by Crippen LogP contribution is -2.47. The van der Waals surface area contributed by atoms with E-state index in [0.717, 1.165) is 6.42 Å². The van der Waals surface area contributed by atoms with Crippen LogP contribution in [0.25, 0.3) is 0 Å². The van der Waals surface area contributed by atoms with E-state index in [1.807, 2.05) is 6.92 Å². The largest absolute Gasteiger partial charge is 0.481 e. The first-order chi connectivity index (χ1) is 9.77. The fourth-order valence-corrected chi connectivity index (χ4v) is 1.48. The Kier molecular flexibility index (Phi) is 8.03. The van der Waals surface area contributed by atoms with E-state index in [4.69, 9.17) is 14.6 Å². The zero-order valence-corrected chi connectivity index (χ0v) is 12.1. The minimum absolute atomic E-state index is 0.0971. The van der Waals surface area contributed by atoms with Crippen molar-refractivity contribution in [2.24, 2.45) is 0 Å². The van der Waals surface area contributed by atoms with Crippen molar-refractivity contribution in [3.63, 3.8) is 0 Å². The highest BCUT2D eigenvalue weighted by atomic mass is 16.6. The standard InChI is InChI=1S/C13H20O8/c1-3-5-6-20-11(17)8-13(12(18)19,7-9(14)15)21-10(16)4-2/h3-8H2,1-2H3,(H,14,15)(H,18,19). The first kappa shape index (κ1) is 18.9. The van der Waals surface area contributed by atoms with Crippen molar-refractivity contribution >= 4 is 23.9 Å². The summed E-state index contributed by atoms with van der Waals surface area (Å²) in [6, 6.07) is 0. The van der Waals surface area contributed by atoms with E-state index < -0.39 is 42.3 Å². The number of hydrogen-bond acceptors (Lipinski definition) is 6. The van der Waals surface area contributed by atoms with Gasteiger partial charge in [0.15, 0.2) is 0 Å². The summed E-state index contributed by atoms with van der Waals surface area (Å²) in [7, 11) is 0. The Morgan fingerprint density at radius 1 is 1.00 bits per heavy atom. The molecule has 1 unspecified atom stereocenters. The molecule has 0 saturated heterocycles. The molecule has 0 bridgehead atoms. The van der Waals surface area contributed by atoms with Gasteiger partial charge in [0.1, 0.15) is 0 Å². The van der Waals surface area contributed by atoms with Crippen LogP contribution in [-0.4, -0.2) is 46.3 Å². The number of carboxylic acids is 2. The first-order valence-corrected chi connectivity index (χ1v) is 6.60. The first-order valence-electron chi connectivity index (χ1n) is 6.60. The Hall–Kier alpha value is -2.12. The maximum atomic E-state index is 11.6. The molecule has 0 aromatic carbocycles. The minimum atomic E-state index is -2.44. The van der Waals surface area contributed by atoms with Crippen LogP contribution in [0.15, 0.2) is 0 Å². The molecule has 0 aliphatic rings. The van der Waals surface area contributed by atoms with Gasteiger partial charge in [-0.25, -0.2) is 4.79 Å². The van der Waals surface area contributed by atoms with E-state index in [2.05, 4.69) is 0 Å². The zero-order valence-electron chi connectivity index (χ0n) is 12.1. The summed E-state index contributed by atoms with van der Waals surface area (Å²) >= 11 is 0. The van der Waals surface area contributed by atoms with Crippen molar-refractivity contribution in [1.82, 2.24) is 0 Å². The molecule has 0 heterocycles. The molecule has 0 radical (unpaired) electrons. The van der Waals surface area contributed by atoms with E-state index in [0.29, 0.717) is 6.42 Å². The second-order valence-electron chi connectivity index (χ2n) is 4.45. The molecule has 2 N–H and O–H groups in total. The number of carbonyl (C=O) groups is 4. The molecule has 8 nitrogen and oxygen atoms in total. The molecule has 0 aromatic rings. The lowest BCUT2D eigenvalue weighted by Gasteiger charge is -2.26. The number of carbonyl (C=O) groups excluding carboxylic acids is 2. The van der Waals surface area contributed by atoms with Gasteiger partial charge in [0, 0.05) is 6.42 Å². The van der Waals surface area contributed by atoms with Gasteiger partial charge in [-0.2, -0.15) is 0 Å². The van der Waals surface area contributed by atoms with E-state index in [9.17, 15) is 24.3 Å². The summed E-state index contributed by atoms with van der Waals surface area (Å²) in [6.07, 6.45) is -0.628. The third-order valence-electron chi connectivity index (χ3n) is 2.62. The highest BCUT2D eigenvalue weighted by Crippen LogP contribution is 2.23. The molecule has 0 saturated carbocycles. The second kappa shape index (κ2) is 8.93. The predicted molar refractivity (Wildman–Crippen MR) is 69.5 cm³/mol. The highest BCUT2D eigenvalue weighted by molar-refractivity contribution is 5.91. The zero-order chi connectivity index (χ0) is 16.5. The summed E-state index contributed by atoms with van der Waals surface area (Å²) in [5, 5.41) is 18.0. The van der Waals surface area contributed by atoms with Crippen LogP contribution in [0, 0.1) is 0 Å². The monoisotopic (exact) mass is 304 g/mol. The maximum absolute atomic E-state index is 11.6. The third-order valence-corrected chi connectivity index (χ3v) is 2.62. The van der Waals surface area contributed by atoms with Crippen LogP contribution in [0.1, 0.15) is 46.0 Å². The number of hydrogen-bond donors (Lipinski definition) is 2. The van der Waals surface area contributed by atoms with Gasteiger partial charge in [-0.15, -0.1) is 0 Å². The van der Waals surface area contributed by atoms with E-state index >= 15 is 0 Å². The normalized spacial score (nSPS) is 13.0. The van der Waals surface area contributed by atoms with Gasteiger partial charge in [0.25, 0.3) is 0 Å². The maximum Gasteiger partial charge on any atom is 0.349 e. The highest BCUT2D eigenvalue weighted by Gasteiger charge is 2.47. The average molecular weight is 304 g/mol. The molecule has 0 rings (SSSR count). The summed E-state index contributed by atoms with van der Waals surface area (Å²) < 4.78 is 9.51.